The summed E-state index contributed by atoms with van der Waals surface area (Å²) in [6.45, 7) is 2.18. The molecule has 1 aromatic rings. The van der Waals surface area contributed by atoms with E-state index < -0.39 is 5.82 Å². The number of hydrogen-bond acceptors (Lipinski definition) is 2. The van der Waals surface area contributed by atoms with Gasteiger partial charge in [0.2, 0.25) is 0 Å². The molecule has 0 aromatic heterocycles. The highest BCUT2D eigenvalue weighted by Crippen LogP contribution is 2.19. The van der Waals surface area contributed by atoms with Crippen LogP contribution >= 0.6 is 0 Å². The molecule has 0 amide bonds. The molecule has 88 valence electrons. The summed E-state index contributed by atoms with van der Waals surface area (Å²) < 4.78 is 26.3. The predicted molar refractivity (Wildman–Crippen MR) is 56.8 cm³/mol. The lowest BCUT2D eigenvalue weighted by Gasteiger charge is -2.16. The van der Waals surface area contributed by atoms with Gasteiger partial charge in [-0.1, -0.05) is 0 Å². The number of likely N-dealkylation sites (tertiary alicyclic amines) is 1. The molecular weight excluding hydrogens is 212 g/mol. The molecule has 0 saturated carbocycles. The van der Waals surface area contributed by atoms with E-state index in [0.29, 0.717) is 12.1 Å². The Bertz CT molecular complexity index is 370. The van der Waals surface area contributed by atoms with Crippen LogP contribution in [0.3, 0.4) is 0 Å². The molecule has 1 aliphatic heterocycles. The zero-order valence-corrected chi connectivity index (χ0v) is 9.00. The third kappa shape index (κ3) is 2.57. The van der Waals surface area contributed by atoms with Gasteiger partial charge in [-0.3, -0.25) is 4.90 Å². The molecule has 1 aliphatic rings. The second-order valence-corrected chi connectivity index (χ2v) is 4.31. The van der Waals surface area contributed by atoms with Crippen LogP contribution < -0.4 is 0 Å². The molecule has 0 aliphatic carbocycles. The third-order valence-corrected chi connectivity index (χ3v) is 3.03. The largest absolute Gasteiger partial charge is 0.396 e. The fraction of sp³-hybridized carbons (Fsp3) is 0.500. The lowest BCUT2D eigenvalue weighted by molar-refractivity contribution is 0.219. The number of aliphatic hydroxyl groups excluding tert-OH is 1. The van der Waals surface area contributed by atoms with Crippen molar-refractivity contribution in [2.75, 3.05) is 19.7 Å². The van der Waals surface area contributed by atoms with Crippen molar-refractivity contribution in [1.82, 2.24) is 4.90 Å². The first-order valence-corrected chi connectivity index (χ1v) is 5.46. The van der Waals surface area contributed by atoms with Crippen LogP contribution in [0.1, 0.15) is 12.0 Å². The second kappa shape index (κ2) is 4.89. The summed E-state index contributed by atoms with van der Waals surface area (Å²) in [6.07, 6.45) is 0.924. The van der Waals surface area contributed by atoms with E-state index in [-0.39, 0.29) is 18.3 Å². The predicted octanol–water partition coefficient (Wildman–Crippen LogP) is 1.78. The molecule has 1 heterocycles. The molecule has 16 heavy (non-hydrogen) atoms. The number of hydrogen-bond donors (Lipinski definition) is 1. The summed E-state index contributed by atoms with van der Waals surface area (Å²) in [4.78, 5) is 2.04. The standard InChI is InChI=1S/C12H15F2NO/c13-11-1-2-12(14)10(5-11)7-15-4-3-9(6-15)8-16/h1-2,5,9,16H,3-4,6-8H2/t9-/m0/s1. The van der Waals surface area contributed by atoms with E-state index in [1.165, 1.54) is 6.07 Å². The summed E-state index contributed by atoms with van der Waals surface area (Å²) in [7, 11) is 0. The van der Waals surface area contributed by atoms with Crippen LogP contribution in [0.5, 0.6) is 0 Å². The molecule has 0 radical (unpaired) electrons. The fourth-order valence-electron chi connectivity index (χ4n) is 2.11. The Morgan fingerprint density at radius 1 is 1.38 bits per heavy atom. The fourth-order valence-corrected chi connectivity index (χ4v) is 2.11. The smallest absolute Gasteiger partial charge is 0.127 e. The van der Waals surface area contributed by atoms with Crippen molar-refractivity contribution in [2.24, 2.45) is 5.92 Å². The zero-order chi connectivity index (χ0) is 11.5. The van der Waals surface area contributed by atoms with E-state index in [1.807, 2.05) is 4.90 Å². The van der Waals surface area contributed by atoms with Gasteiger partial charge in [-0.15, -0.1) is 0 Å². The van der Waals surface area contributed by atoms with Crippen molar-refractivity contribution in [3.8, 4) is 0 Å². The van der Waals surface area contributed by atoms with Crippen LogP contribution in [0.4, 0.5) is 8.78 Å². The van der Waals surface area contributed by atoms with E-state index in [0.717, 1.165) is 31.6 Å². The molecule has 0 spiro atoms. The van der Waals surface area contributed by atoms with E-state index in [4.69, 9.17) is 5.11 Å². The Morgan fingerprint density at radius 3 is 2.88 bits per heavy atom. The van der Waals surface area contributed by atoms with Gasteiger partial charge in [-0.25, -0.2) is 8.78 Å². The van der Waals surface area contributed by atoms with Crippen molar-refractivity contribution in [3.05, 3.63) is 35.4 Å². The normalized spacial score (nSPS) is 21.6. The van der Waals surface area contributed by atoms with Crippen LogP contribution in [-0.2, 0) is 6.54 Å². The van der Waals surface area contributed by atoms with Crippen LogP contribution in [0.2, 0.25) is 0 Å². The van der Waals surface area contributed by atoms with Gasteiger partial charge in [0.05, 0.1) is 0 Å². The molecule has 2 rings (SSSR count). The topological polar surface area (TPSA) is 23.5 Å². The Balaban J connectivity index is 2.01. The monoisotopic (exact) mass is 227 g/mol. The third-order valence-electron chi connectivity index (χ3n) is 3.03. The second-order valence-electron chi connectivity index (χ2n) is 4.31. The highest BCUT2D eigenvalue weighted by Gasteiger charge is 2.22. The van der Waals surface area contributed by atoms with Crippen LogP contribution in [-0.4, -0.2) is 29.7 Å². The molecule has 1 N–H and O–H groups in total. The number of benzene rings is 1. The highest BCUT2D eigenvalue weighted by atomic mass is 19.1. The molecule has 1 fully saturated rings. The van der Waals surface area contributed by atoms with Crippen molar-refractivity contribution >= 4 is 0 Å². The summed E-state index contributed by atoms with van der Waals surface area (Å²) in [6, 6.07) is 3.52. The highest BCUT2D eigenvalue weighted by molar-refractivity contribution is 5.18. The average molecular weight is 227 g/mol. The maximum Gasteiger partial charge on any atom is 0.127 e. The van der Waals surface area contributed by atoms with Gasteiger partial charge in [0.1, 0.15) is 11.6 Å². The number of halogens is 2. The Morgan fingerprint density at radius 2 is 2.19 bits per heavy atom. The summed E-state index contributed by atoms with van der Waals surface area (Å²) in [5.41, 5.74) is 0.388. The molecule has 1 aromatic carbocycles. The SMILES string of the molecule is OC[C@H]1CCN(Cc2cc(F)ccc2F)C1. The average Bonchev–Trinajstić information content (AvgIpc) is 2.71. The van der Waals surface area contributed by atoms with Gasteiger partial charge in [0.15, 0.2) is 0 Å². The van der Waals surface area contributed by atoms with Gasteiger partial charge in [0, 0.05) is 25.3 Å². The maximum absolute atomic E-state index is 13.4. The van der Waals surface area contributed by atoms with Crippen molar-refractivity contribution in [3.63, 3.8) is 0 Å². The minimum Gasteiger partial charge on any atom is -0.396 e. The molecule has 0 bridgehead atoms. The van der Waals surface area contributed by atoms with Crippen LogP contribution in [0.15, 0.2) is 18.2 Å². The van der Waals surface area contributed by atoms with Gasteiger partial charge in [0.25, 0.3) is 0 Å². The molecule has 1 atom stereocenters. The minimum atomic E-state index is -0.408. The molecule has 0 unspecified atom stereocenters. The number of rotatable bonds is 3. The number of aliphatic hydroxyl groups is 1. The Hall–Kier alpha value is -1.00. The summed E-state index contributed by atoms with van der Waals surface area (Å²) in [5, 5.41) is 8.99. The summed E-state index contributed by atoms with van der Waals surface area (Å²) in [5.74, 6) is -0.500. The van der Waals surface area contributed by atoms with Gasteiger partial charge < -0.3 is 5.11 Å². The van der Waals surface area contributed by atoms with Crippen LogP contribution in [0.25, 0.3) is 0 Å². The van der Waals surface area contributed by atoms with E-state index >= 15 is 0 Å². The number of nitrogens with zero attached hydrogens (tertiary/aromatic N) is 1. The Kier molecular flexibility index (Phi) is 3.51. The van der Waals surface area contributed by atoms with Crippen molar-refractivity contribution < 1.29 is 13.9 Å². The van der Waals surface area contributed by atoms with Gasteiger partial charge >= 0.3 is 0 Å². The van der Waals surface area contributed by atoms with E-state index in [9.17, 15) is 8.78 Å². The zero-order valence-electron chi connectivity index (χ0n) is 9.00. The van der Waals surface area contributed by atoms with E-state index in [1.54, 1.807) is 0 Å². The van der Waals surface area contributed by atoms with Crippen molar-refractivity contribution in [1.29, 1.82) is 0 Å². The first-order chi connectivity index (χ1) is 7.69. The Labute approximate surface area is 93.5 Å². The van der Waals surface area contributed by atoms with E-state index in [2.05, 4.69) is 0 Å². The molecule has 1 saturated heterocycles. The lowest BCUT2D eigenvalue weighted by atomic mass is 10.1. The first-order valence-electron chi connectivity index (χ1n) is 5.46. The maximum atomic E-state index is 13.4. The van der Waals surface area contributed by atoms with Crippen molar-refractivity contribution in [2.45, 2.75) is 13.0 Å². The van der Waals surface area contributed by atoms with Gasteiger partial charge in [-0.2, -0.15) is 0 Å². The molecular formula is C12H15F2NO. The molecule has 4 heteroatoms. The lowest BCUT2D eigenvalue weighted by Crippen LogP contribution is -2.21. The van der Waals surface area contributed by atoms with Crippen LogP contribution in [0, 0.1) is 17.6 Å². The molecule has 2 nitrogen and oxygen atoms in total. The first kappa shape index (κ1) is 11.5. The minimum absolute atomic E-state index is 0.169. The summed E-state index contributed by atoms with van der Waals surface area (Å²) >= 11 is 0. The quantitative estimate of drug-likeness (QED) is 0.850. The van der Waals surface area contributed by atoms with Gasteiger partial charge in [-0.05, 0) is 37.1 Å².